The predicted molar refractivity (Wildman–Crippen MR) is 91.8 cm³/mol. The predicted octanol–water partition coefficient (Wildman–Crippen LogP) is 3.99. The van der Waals surface area contributed by atoms with Gasteiger partial charge in [-0.1, -0.05) is 30.3 Å². The highest BCUT2D eigenvalue weighted by atomic mass is 16.5. The van der Waals surface area contributed by atoms with Crippen LogP contribution in [0.4, 0.5) is 0 Å². The van der Waals surface area contributed by atoms with Crippen molar-refractivity contribution in [2.24, 2.45) is 0 Å². The van der Waals surface area contributed by atoms with Gasteiger partial charge in [0.15, 0.2) is 11.5 Å². The first kappa shape index (κ1) is 12.3. The minimum absolute atomic E-state index is 0.141. The van der Waals surface area contributed by atoms with E-state index in [9.17, 15) is 0 Å². The summed E-state index contributed by atoms with van der Waals surface area (Å²) < 4.78 is 26.5. The molecule has 4 nitrogen and oxygen atoms in total. The molecule has 0 atom stereocenters. The van der Waals surface area contributed by atoms with Gasteiger partial charge in [-0.05, 0) is 53.1 Å². The van der Waals surface area contributed by atoms with Crippen molar-refractivity contribution in [3.63, 3.8) is 0 Å². The van der Waals surface area contributed by atoms with E-state index in [0.29, 0.717) is 23.0 Å². The Balaban J connectivity index is 2.10. The number of aromatic hydroxyl groups is 3. The third kappa shape index (κ3) is 3.13. The maximum absolute atomic E-state index is 7.14. The number of hydrogen-bond acceptors (Lipinski definition) is 4. The second kappa shape index (κ2) is 6.54. The Hall–Kier alpha value is -3.14. The highest BCUT2D eigenvalue weighted by Crippen LogP contribution is 2.37. The number of methoxy groups -OCH3 is 1. The van der Waals surface area contributed by atoms with E-state index in [4.69, 9.17) is 9.03 Å². The molecule has 0 aromatic heterocycles. The van der Waals surface area contributed by atoms with Crippen LogP contribution in [0.5, 0.6) is 23.0 Å². The first-order chi connectivity index (χ1) is 13.2. The number of ether oxygens (including phenoxy) is 1. The summed E-state index contributed by atoms with van der Waals surface area (Å²) in [5.41, 5.74) is 2.90. The summed E-state index contributed by atoms with van der Waals surface area (Å²) in [6.07, 6.45) is 0. The lowest BCUT2D eigenvalue weighted by molar-refractivity contribution is 0.373. The molecule has 0 aliphatic carbocycles. The maximum Gasteiger partial charge on any atom is 0.293 e. The van der Waals surface area contributed by atoms with E-state index in [1.54, 1.807) is 30.3 Å². The van der Waals surface area contributed by atoms with Crippen LogP contribution in [0.1, 0.15) is 22.6 Å². The zero-order valence-corrected chi connectivity index (χ0v) is 13.1. The molecule has 4 heteroatoms. The topological polar surface area (TPSA) is 69.9 Å². The van der Waals surface area contributed by atoms with Gasteiger partial charge < -0.3 is 20.1 Å². The first-order valence-electron chi connectivity index (χ1n) is 8.70. The third-order valence-corrected chi connectivity index (χ3v) is 3.95. The van der Waals surface area contributed by atoms with Crippen LogP contribution in [0, 0.1) is 0 Å². The van der Waals surface area contributed by atoms with E-state index in [-0.39, 0.29) is 5.92 Å². The van der Waals surface area contributed by atoms with Crippen molar-refractivity contribution in [2.45, 2.75) is 5.92 Å². The Morgan fingerprint density at radius 1 is 0.750 bits per heavy atom. The van der Waals surface area contributed by atoms with E-state index in [1.165, 1.54) is 7.11 Å². The molecule has 0 bridgehead atoms. The van der Waals surface area contributed by atoms with Crippen LogP contribution < -0.4 is 4.74 Å². The van der Waals surface area contributed by atoms with Crippen molar-refractivity contribution in [1.29, 1.82) is 4.29 Å². The third-order valence-electron chi connectivity index (χ3n) is 3.95. The molecule has 122 valence electrons. The fourth-order valence-corrected chi connectivity index (χ4v) is 2.76. The Labute approximate surface area is 144 Å². The largest absolute Gasteiger partial charge is 0.508 e. The highest BCUT2D eigenvalue weighted by molar-refractivity contribution is 5.50. The quantitative estimate of drug-likeness (QED) is 0.574. The van der Waals surface area contributed by atoms with Gasteiger partial charge in [0.1, 0.15) is 11.5 Å². The summed E-state index contributed by atoms with van der Waals surface area (Å²) in [5, 5.41) is 13.6. The molecule has 0 spiro atoms. The minimum Gasteiger partial charge on any atom is -0.508 e. The van der Waals surface area contributed by atoms with Crippen molar-refractivity contribution in [2.75, 3.05) is 7.11 Å². The van der Waals surface area contributed by atoms with Gasteiger partial charge in [0, 0.05) is 5.92 Å². The summed E-state index contributed by atoms with van der Waals surface area (Å²) >= 11 is 0. The molecular weight excluding hydrogens is 304 g/mol. The maximum atomic E-state index is 7.14. The summed E-state index contributed by atoms with van der Waals surface area (Å²) in [5.74, 6) is 1.55. The van der Waals surface area contributed by atoms with Crippen molar-refractivity contribution in [3.8, 4) is 23.0 Å². The molecule has 0 amide bonds. The second-order valence-corrected chi connectivity index (χ2v) is 5.48. The monoisotopic (exact) mass is 325 g/mol. The normalized spacial score (nSPS) is 12.0. The molecule has 0 fully saturated rings. The van der Waals surface area contributed by atoms with Crippen LogP contribution in [-0.4, -0.2) is 26.7 Å². The Morgan fingerprint density at radius 2 is 1.29 bits per heavy atom. The van der Waals surface area contributed by atoms with Gasteiger partial charge >= 0.3 is 0 Å². The molecular formula is C20H18O4. The molecule has 0 heterocycles. The molecule has 3 aromatic rings. The number of hydrogen-bond donors (Lipinski definition) is 3. The number of phenols is 3. The van der Waals surface area contributed by atoms with E-state index in [1.807, 2.05) is 36.4 Å². The van der Waals surface area contributed by atoms with Gasteiger partial charge in [-0.2, -0.15) is 0 Å². The van der Waals surface area contributed by atoms with Gasteiger partial charge in [0.05, 0.1) is 7.11 Å². The van der Waals surface area contributed by atoms with Crippen LogP contribution in [0.3, 0.4) is 0 Å². The lowest BCUT2D eigenvalue weighted by Gasteiger charge is -2.20. The Kier molecular flexibility index (Phi) is 3.35. The molecule has 0 unspecified atom stereocenters. The molecule has 0 aliphatic heterocycles. The summed E-state index contributed by atoms with van der Waals surface area (Å²) in [4.78, 5) is 0. The summed E-state index contributed by atoms with van der Waals surface area (Å²) in [7, 11) is 1.53. The minimum atomic E-state index is -0.141. The standard InChI is InChI=1S/C20H18O4/c1-24-19-12-15(6-11-18(19)23)20(13-2-7-16(21)8-3-13)14-4-9-17(22)10-5-14/h2-12,20-23H,1H3/i/hD3. The number of phenolic OH excluding ortho intramolecular Hbond substituents is 3. The van der Waals surface area contributed by atoms with Crippen LogP contribution in [0.2, 0.25) is 0 Å². The van der Waals surface area contributed by atoms with Crippen LogP contribution in [0.25, 0.3) is 0 Å². The van der Waals surface area contributed by atoms with E-state index >= 15 is 0 Å². The number of benzene rings is 3. The van der Waals surface area contributed by atoms with Crippen LogP contribution in [-0.2, 0) is 0 Å². The van der Waals surface area contributed by atoms with E-state index < -0.39 is 0 Å². The summed E-state index contributed by atoms with van der Waals surface area (Å²) in [6, 6.07) is 19.9. The molecule has 3 rings (SSSR count). The average molecular weight is 325 g/mol. The number of rotatable bonds is 7. The van der Waals surface area contributed by atoms with Crippen molar-refractivity contribution in [1.82, 2.24) is 0 Å². The first-order valence-corrected chi connectivity index (χ1v) is 7.47. The van der Waals surface area contributed by atoms with Crippen LogP contribution in [0.15, 0.2) is 66.7 Å². The molecule has 0 radical (unpaired) electrons. The lowest BCUT2D eigenvalue weighted by Crippen LogP contribution is -2.03. The van der Waals surface area contributed by atoms with Gasteiger partial charge in [0.25, 0.3) is 4.29 Å². The van der Waals surface area contributed by atoms with E-state index in [0.717, 1.165) is 16.7 Å². The molecule has 0 saturated heterocycles. The van der Waals surface area contributed by atoms with E-state index in [2.05, 4.69) is 15.3 Å². The molecule has 3 aromatic carbocycles. The van der Waals surface area contributed by atoms with Crippen molar-refractivity contribution < 1.29 is 20.1 Å². The average Bonchev–Trinajstić information content (AvgIpc) is 2.74. The fourth-order valence-electron chi connectivity index (χ4n) is 2.76. The highest BCUT2D eigenvalue weighted by Gasteiger charge is 2.18. The Bertz CT molecular complexity index is 835. The SMILES string of the molecule is [2H]Oc1ccc(C(c2ccc(O[2H])cc2)c2ccc(O[2H])c(OC)c2)cc1. The second-order valence-electron chi connectivity index (χ2n) is 5.48. The zero-order valence-electron chi connectivity index (χ0n) is 16.1. The molecule has 0 saturated carbocycles. The van der Waals surface area contributed by atoms with Gasteiger partial charge in [0.2, 0.25) is 0 Å². The molecule has 24 heavy (non-hydrogen) atoms. The fraction of sp³-hybridized carbons (Fsp3) is 0.100. The van der Waals surface area contributed by atoms with Crippen LogP contribution >= 0.6 is 0 Å². The zero-order chi connectivity index (χ0) is 19.2. The van der Waals surface area contributed by atoms with Gasteiger partial charge in [-0.15, -0.1) is 0 Å². The van der Waals surface area contributed by atoms with Crippen molar-refractivity contribution in [3.05, 3.63) is 83.4 Å². The smallest absolute Gasteiger partial charge is 0.293 e. The van der Waals surface area contributed by atoms with Gasteiger partial charge in [-0.3, -0.25) is 0 Å². The Morgan fingerprint density at radius 3 is 1.75 bits per heavy atom. The lowest BCUT2D eigenvalue weighted by atomic mass is 9.85. The molecule has 3 N–H and O–H groups in total. The molecule has 0 aliphatic rings. The van der Waals surface area contributed by atoms with Crippen molar-refractivity contribution >= 4 is 0 Å². The summed E-state index contributed by atoms with van der Waals surface area (Å²) in [6.45, 7) is 0. The van der Waals surface area contributed by atoms with Gasteiger partial charge in [-0.25, -0.2) is 0 Å².